The minimum Gasteiger partial charge on any atom is -0.379 e. The number of benzene rings is 1. The maximum absolute atomic E-state index is 5.46. The van der Waals surface area contributed by atoms with Crippen LogP contribution in [-0.2, 0) is 17.8 Å². The Balaban J connectivity index is 1.19. The zero-order valence-corrected chi connectivity index (χ0v) is 21.9. The van der Waals surface area contributed by atoms with E-state index in [4.69, 9.17) is 9.72 Å². The van der Waals surface area contributed by atoms with E-state index in [1.807, 2.05) is 17.9 Å². The third-order valence-electron chi connectivity index (χ3n) is 6.74. The third-order valence-corrected chi connectivity index (χ3v) is 8.08. The highest BCUT2D eigenvalue weighted by Gasteiger charge is 2.23. The van der Waals surface area contributed by atoms with Crippen LogP contribution in [0, 0.1) is 0 Å². The van der Waals surface area contributed by atoms with Gasteiger partial charge in [0.2, 0.25) is 0 Å². The molecule has 2 aliphatic rings. The van der Waals surface area contributed by atoms with Gasteiger partial charge in [-0.1, -0.05) is 24.3 Å². The van der Waals surface area contributed by atoms with Gasteiger partial charge in [0.1, 0.15) is 11.3 Å². The Bertz CT molecular complexity index is 1260. The molecule has 182 valence electrons. The number of H-pyrrole nitrogens is 1. The van der Waals surface area contributed by atoms with Crippen LogP contribution in [0.1, 0.15) is 10.4 Å². The van der Waals surface area contributed by atoms with Gasteiger partial charge < -0.3 is 14.6 Å². The monoisotopic (exact) mass is 553 g/mol. The number of ether oxygens (including phenoxy) is 1. The van der Waals surface area contributed by atoms with Gasteiger partial charge in [-0.05, 0) is 21.5 Å². The molecular weight excluding hydrogens is 526 g/mol. The molecule has 0 radical (unpaired) electrons. The summed E-state index contributed by atoms with van der Waals surface area (Å²) in [7, 11) is 0. The van der Waals surface area contributed by atoms with Gasteiger partial charge in [-0.2, -0.15) is 0 Å². The lowest BCUT2D eigenvalue weighted by Crippen LogP contribution is -2.46. The molecule has 0 aliphatic carbocycles. The molecule has 3 aromatic heterocycles. The van der Waals surface area contributed by atoms with Gasteiger partial charge in [-0.3, -0.25) is 14.8 Å². The fourth-order valence-electron chi connectivity index (χ4n) is 4.82. The van der Waals surface area contributed by atoms with E-state index in [0.717, 1.165) is 98.3 Å². The number of aromatic nitrogens is 4. The average Bonchev–Trinajstić information content (AvgIpc) is 3.56. The molecule has 4 aromatic rings. The number of rotatable bonds is 6. The summed E-state index contributed by atoms with van der Waals surface area (Å²) in [5.74, 6) is 0.855. The number of fused-ring (bicyclic) bond motifs is 1. The predicted molar refractivity (Wildman–Crippen MR) is 143 cm³/mol. The van der Waals surface area contributed by atoms with Gasteiger partial charge in [-0.15, -0.1) is 11.3 Å². The minimum absolute atomic E-state index is 0.752. The van der Waals surface area contributed by atoms with Gasteiger partial charge >= 0.3 is 0 Å². The van der Waals surface area contributed by atoms with E-state index in [9.17, 15) is 0 Å². The Hall–Kier alpha value is -2.37. The zero-order valence-electron chi connectivity index (χ0n) is 19.5. The Labute approximate surface area is 217 Å². The van der Waals surface area contributed by atoms with E-state index in [-0.39, 0.29) is 0 Å². The molecule has 8 nitrogen and oxygen atoms in total. The zero-order chi connectivity index (χ0) is 23.6. The molecule has 0 bridgehead atoms. The Morgan fingerprint density at radius 2 is 1.71 bits per heavy atom. The second-order valence-electron chi connectivity index (χ2n) is 9.06. The number of hydrogen-bond acceptors (Lipinski definition) is 8. The van der Waals surface area contributed by atoms with Crippen molar-refractivity contribution in [1.29, 1.82) is 0 Å². The summed E-state index contributed by atoms with van der Waals surface area (Å²) in [6.07, 6.45) is 3.85. The van der Waals surface area contributed by atoms with Crippen LogP contribution in [0.25, 0.3) is 22.6 Å². The number of thiazole rings is 1. The number of nitrogens with one attached hydrogen (secondary N) is 1. The van der Waals surface area contributed by atoms with E-state index in [1.165, 1.54) is 10.4 Å². The molecule has 1 aromatic carbocycles. The smallest absolute Gasteiger partial charge is 0.180 e. The van der Waals surface area contributed by atoms with E-state index in [2.05, 4.69) is 69.8 Å². The average molecular weight is 555 g/mol. The molecular formula is C25H28BrN7OS. The summed E-state index contributed by atoms with van der Waals surface area (Å²) in [4.78, 5) is 25.9. The first-order valence-electron chi connectivity index (χ1n) is 12.0. The number of imidazole rings is 1. The highest BCUT2D eigenvalue weighted by molar-refractivity contribution is 9.10. The minimum atomic E-state index is 0.752. The van der Waals surface area contributed by atoms with E-state index in [0.29, 0.717) is 0 Å². The van der Waals surface area contributed by atoms with E-state index < -0.39 is 0 Å². The first-order chi connectivity index (χ1) is 17.2. The molecule has 1 N–H and O–H groups in total. The van der Waals surface area contributed by atoms with E-state index in [1.54, 1.807) is 11.3 Å². The molecule has 0 amide bonds. The van der Waals surface area contributed by atoms with Crippen molar-refractivity contribution in [1.82, 2.24) is 29.7 Å². The van der Waals surface area contributed by atoms with Crippen LogP contribution in [-0.4, -0.2) is 82.2 Å². The third kappa shape index (κ3) is 5.12. The summed E-state index contributed by atoms with van der Waals surface area (Å²) in [5.41, 5.74) is 7.18. The van der Waals surface area contributed by atoms with Crippen LogP contribution in [0.15, 0.2) is 46.6 Å². The van der Waals surface area contributed by atoms with Gasteiger partial charge in [0.05, 0.1) is 28.9 Å². The second-order valence-corrected chi connectivity index (χ2v) is 10.9. The number of anilines is 1. The van der Waals surface area contributed by atoms with Crippen molar-refractivity contribution in [3.63, 3.8) is 0 Å². The molecule has 0 saturated carbocycles. The van der Waals surface area contributed by atoms with Crippen molar-refractivity contribution in [2.45, 2.75) is 13.1 Å². The fourth-order valence-corrected chi connectivity index (χ4v) is 6.01. The summed E-state index contributed by atoms with van der Waals surface area (Å²) < 4.78 is 6.46. The van der Waals surface area contributed by atoms with Crippen molar-refractivity contribution in [3.8, 4) is 11.4 Å². The molecule has 2 saturated heterocycles. The summed E-state index contributed by atoms with van der Waals surface area (Å²) in [6.45, 7) is 9.51. The molecule has 2 fully saturated rings. The molecule has 6 rings (SSSR count). The predicted octanol–water partition coefficient (Wildman–Crippen LogP) is 4.00. The molecule has 10 heteroatoms. The van der Waals surface area contributed by atoms with Crippen molar-refractivity contribution >= 4 is 44.1 Å². The first kappa shape index (κ1) is 23.1. The number of aromatic amines is 1. The lowest BCUT2D eigenvalue weighted by Gasteiger charge is -2.36. The van der Waals surface area contributed by atoms with Gasteiger partial charge in [0, 0.05) is 75.2 Å². The van der Waals surface area contributed by atoms with Crippen LogP contribution in [0.5, 0.6) is 0 Å². The topological polar surface area (TPSA) is 73.4 Å². The number of hydrogen-bond donors (Lipinski definition) is 1. The van der Waals surface area contributed by atoms with Crippen molar-refractivity contribution in [2.24, 2.45) is 0 Å². The first-order valence-corrected chi connectivity index (χ1v) is 13.7. The summed E-state index contributed by atoms with van der Waals surface area (Å²) in [5, 5.41) is 0. The van der Waals surface area contributed by atoms with Gasteiger partial charge in [-0.25, -0.2) is 9.97 Å². The van der Waals surface area contributed by atoms with Crippen LogP contribution >= 0.6 is 27.3 Å². The maximum atomic E-state index is 5.46. The molecule has 2 aliphatic heterocycles. The normalized spacial score (nSPS) is 17.9. The quantitative estimate of drug-likeness (QED) is 0.386. The number of morpholine rings is 1. The second kappa shape index (κ2) is 10.3. The van der Waals surface area contributed by atoms with Gasteiger partial charge in [0.25, 0.3) is 0 Å². The summed E-state index contributed by atoms with van der Waals surface area (Å²) >= 11 is 5.48. The highest BCUT2D eigenvalue weighted by Crippen LogP contribution is 2.34. The maximum Gasteiger partial charge on any atom is 0.180 e. The van der Waals surface area contributed by atoms with E-state index >= 15 is 0 Å². The highest BCUT2D eigenvalue weighted by atomic mass is 79.9. The molecule has 35 heavy (non-hydrogen) atoms. The van der Waals surface area contributed by atoms with Crippen LogP contribution in [0.2, 0.25) is 0 Å². The van der Waals surface area contributed by atoms with Crippen LogP contribution < -0.4 is 4.90 Å². The van der Waals surface area contributed by atoms with Crippen LogP contribution in [0.3, 0.4) is 0 Å². The lowest BCUT2D eigenvalue weighted by molar-refractivity contribution is 0.0342. The standard InChI is InChI=1S/C25H28BrN7OS/c26-21-14-28-25-22(23(21)33-7-5-31(6-8-33)16-20-13-27-17-35-20)29-24(30-25)19-3-1-18(2-4-19)15-32-9-11-34-12-10-32/h1-4,13-14,17H,5-12,15-16H2,(H,28,29,30). The fraction of sp³-hybridized carbons (Fsp3) is 0.400. The van der Waals surface area contributed by atoms with Crippen molar-refractivity contribution < 1.29 is 4.74 Å². The Morgan fingerprint density at radius 1 is 0.943 bits per heavy atom. The SMILES string of the molecule is Brc1cnc2nc(-c3ccc(CN4CCOCC4)cc3)[nH]c2c1N1CCN(Cc2cncs2)CC1. The number of halogens is 1. The number of nitrogens with zero attached hydrogens (tertiary/aromatic N) is 6. The van der Waals surface area contributed by atoms with Crippen molar-refractivity contribution in [3.05, 3.63) is 57.1 Å². The molecule has 0 unspecified atom stereocenters. The molecule has 5 heterocycles. The Morgan fingerprint density at radius 3 is 2.46 bits per heavy atom. The number of pyridine rings is 1. The summed E-state index contributed by atoms with van der Waals surface area (Å²) in [6, 6.07) is 8.70. The Kier molecular flexibility index (Phi) is 6.80. The van der Waals surface area contributed by atoms with Crippen molar-refractivity contribution in [2.75, 3.05) is 57.4 Å². The molecule has 0 atom stereocenters. The number of piperazine rings is 1. The largest absolute Gasteiger partial charge is 0.379 e. The lowest BCUT2D eigenvalue weighted by atomic mass is 10.1. The van der Waals surface area contributed by atoms with Gasteiger partial charge in [0.15, 0.2) is 5.65 Å². The van der Waals surface area contributed by atoms with Crippen LogP contribution in [0.4, 0.5) is 5.69 Å². The molecule has 0 spiro atoms.